The van der Waals surface area contributed by atoms with Crippen molar-refractivity contribution in [1.29, 1.82) is 0 Å². The van der Waals surface area contributed by atoms with Crippen LogP contribution in [0.15, 0.2) is 37.0 Å². The first-order valence-corrected chi connectivity index (χ1v) is 8.40. The summed E-state index contributed by atoms with van der Waals surface area (Å²) in [6.07, 6.45) is 10.9. The molecule has 0 saturated heterocycles. The molecule has 5 nitrogen and oxygen atoms in total. The molecule has 0 amide bonds. The third-order valence-electron chi connectivity index (χ3n) is 3.03. The fourth-order valence-corrected chi connectivity index (χ4v) is 1.93. The van der Waals surface area contributed by atoms with Crippen molar-refractivity contribution in [3.8, 4) is 0 Å². The number of ether oxygens (including phenoxy) is 2. The molecule has 138 valence electrons. The predicted octanol–water partition coefficient (Wildman–Crippen LogP) is 4.29. The number of esters is 1. The van der Waals surface area contributed by atoms with Crippen LogP contribution in [0.25, 0.3) is 0 Å². The van der Waals surface area contributed by atoms with Gasteiger partial charge in [-0.3, -0.25) is 4.79 Å². The molecule has 1 fully saturated rings. The van der Waals surface area contributed by atoms with E-state index in [0.717, 1.165) is 18.4 Å². The van der Waals surface area contributed by atoms with Crippen molar-refractivity contribution in [2.45, 2.75) is 59.0 Å². The first-order valence-electron chi connectivity index (χ1n) is 8.40. The zero-order valence-electron chi connectivity index (χ0n) is 15.3. The molecular formula is C19H32O5. The van der Waals surface area contributed by atoms with E-state index in [0.29, 0.717) is 0 Å². The molecule has 0 unspecified atom stereocenters. The van der Waals surface area contributed by atoms with Gasteiger partial charge in [0.05, 0.1) is 6.10 Å². The highest BCUT2D eigenvalue weighted by atomic mass is 16.5. The largest absolute Gasteiger partial charge is 0.480 e. The van der Waals surface area contributed by atoms with Crippen molar-refractivity contribution in [1.82, 2.24) is 0 Å². The number of hydrogen-bond donors (Lipinski definition) is 1. The molecule has 1 rings (SSSR count). The minimum atomic E-state index is -0.865. The molecule has 0 bridgehead atoms. The Kier molecular flexibility index (Phi) is 17.7. The van der Waals surface area contributed by atoms with Crippen molar-refractivity contribution >= 4 is 11.9 Å². The van der Waals surface area contributed by atoms with Gasteiger partial charge in [-0.15, -0.1) is 0 Å². The van der Waals surface area contributed by atoms with Crippen molar-refractivity contribution < 1.29 is 24.2 Å². The first kappa shape index (κ1) is 24.4. The van der Waals surface area contributed by atoms with E-state index in [2.05, 4.69) is 13.2 Å². The predicted molar refractivity (Wildman–Crippen MR) is 96.9 cm³/mol. The average Bonchev–Trinajstić information content (AvgIpc) is 2.60. The summed E-state index contributed by atoms with van der Waals surface area (Å²) in [6.45, 7) is 12.6. The summed E-state index contributed by atoms with van der Waals surface area (Å²) in [6, 6.07) is 0. The van der Waals surface area contributed by atoms with Crippen molar-refractivity contribution in [2.75, 3.05) is 13.2 Å². The molecule has 0 atom stereocenters. The first-order chi connectivity index (χ1) is 11.5. The summed E-state index contributed by atoms with van der Waals surface area (Å²) in [4.78, 5) is 20.5. The molecule has 1 aliphatic carbocycles. The number of rotatable bonds is 7. The standard InChI is InChI=1S/C9H12O2.C8H14O3.C2H6/c1-4-6-9(5-2)7-11-8(3)10;9-8(10)6-11-7-4-2-1-3-5-7;1-2/h4-6H,1-2,7H2,3H3;7H,1-6H2,(H,9,10);1-2H3/b9-6+;;. The summed E-state index contributed by atoms with van der Waals surface area (Å²) >= 11 is 0. The Morgan fingerprint density at radius 1 is 1.12 bits per heavy atom. The van der Waals surface area contributed by atoms with E-state index >= 15 is 0 Å². The number of carboxylic acids is 1. The summed E-state index contributed by atoms with van der Waals surface area (Å²) in [5.41, 5.74) is 0.843. The van der Waals surface area contributed by atoms with Crippen LogP contribution in [0.3, 0.4) is 0 Å². The molecule has 0 heterocycles. The minimum absolute atomic E-state index is 0.134. The van der Waals surface area contributed by atoms with E-state index in [1.165, 1.54) is 26.2 Å². The highest BCUT2D eigenvalue weighted by Crippen LogP contribution is 2.19. The molecule has 0 spiro atoms. The Morgan fingerprint density at radius 2 is 1.71 bits per heavy atom. The van der Waals surface area contributed by atoms with E-state index in [4.69, 9.17) is 14.6 Å². The second kappa shape index (κ2) is 17.5. The van der Waals surface area contributed by atoms with Gasteiger partial charge in [0.2, 0.25) is 0 Å². The lowest BCUT2D eigenvalue weighted by molar-refractivity contribution is -0.145. The molecule has 1 aliphatic rings. The highest BCUT2D eigenvalue weighted by Gasteiger charge is 2.14. The Labute approximate surface area is 146 Å². The van der Waals surface area contributed by atoms with E-state index < -0.39 is 5.97 Å². The quantitative estimate of drug-likeness (QED) is 0.553. The van der Waals surface area contributed by atoms with Crippen LogP contribution in [-0.4, -0.2) is 36.4 Å². The van der Waals surface area contributed by atoms with Crippen LogP contribution in [0.5, 0.6) is 0 Å². The van der Waals surface area contributed by atoms with Gasteiger partial charge in [-0.25, -0.2) is 4.79 Å². The number of carbonyl (C=O) groups is 2. The van der Waals surface area contributed by atoms with E-state index in [-0.39, 0.29) is 25.3 Å². The van der Waals surface area contributed by atoms with Gasteiger partial charge in [0, 0.05) is 6.92 Å². The number of carbonyl (C=O) groups excluding carboxylic acids is 1. The fourth-order valence-electron chi connectivity index (χ4n) is 1.93. The Hall–Kier alpha value is -1.88. The average molecular weight is 340 g/mol. The van der Waals surface area contributed by atoms with Gasteiger partial charge in [-0.05, 0) is 18.4 Å². The summed E-state index contributed by atoms with van der Waals surface area (Å²) < 4.78 is 9.87. The third-order valence-corrected chi connectivity index (χ3v) is 3.03. The van der Waals surface area contributed by atoms with Crippen molar-refractivity contribution in [3.63, 3.8) is 0 Å². The van der Waals surface area contributed by atoms with Crippen LogP contribution < -0.4 is 0 Å². The van der Waals surface area contributed by atoms with Crippen LogP contribution >= 0.6 is 0 Å². The van der Waals surface area contributed by atoms with E-state index in [9.17, 15) is 9.59 Å². The van der Waals surface area contributed by atoms with Crippen LogP contribution in [-0.2, 0) is 19.1 Å². The van der Waals surface area contributed by atoms with Crippen LogP contribution in [0.2, 0.25) is 0 Å². The molecule has 0 aromatic rings. The van der Waals surface area contributed by atoms with Gasteiger partial charge in [0.25, 0.3) is 0 Å². The van der Waals surface area contributed by atoms with E-state index in [1.54, 1.807) is 18.2 Å². The normalized spacial score (nSPS) is 14.2. The van der Waals surface area contributed by atoms with Crippen LogP contribution in [0.1, 0.15) is 52.9 Å². The van der Waals surface area contributed by atoms with Gasteiger partial charge >= 0.3 is 11.9 Å². The topological polar surface area (TPSA) is 72.8 Å². The molecule has 0 aromatic heterocycles. The van der Waals surface area contributed by atoms with Gasteiger partial charge in [-0.2, -0.15) is 0 Å². The lowest BCUT2D eigenvalue weighted by Gasteiger charge is -2.20. The zero-order chi connectivity index (χ0) is 18.8. The molecule has 5 heteroatoms. The summed E-state index contributed by atoms with van der Waals surface area (Å²) in [5.74, 6) is -1.16. The Balaban J connectivity index is 0. The van der Waals surface area contributed by atoms with Gasteiger partial charge in [0.15, 0.2) is 0 Å². The van der Waals surface area contributed by atoms with Gasteiger partial charge in [0.1, 0.15) is 13.2 Å². The van der Waals surface area contributed by atoms with Crippen molar-refractivity contribution in [3.05, 3.63) is 37.0 Å². The molecule has 0 radical (unpaired) electrons. The Morgan fingerprint density at radius 3 is 2.12 bits per heavy atom. The maximum Gasteiger partial charge on any atom is 0.329 e. The number of carboxylic acid groups (broad SMARTS) is 1. The van der Waals surface area contributed by atoms with Gasteiger partial charge < -0.3 is 14.6 Å². The smallest absolute Gasteiger partial charge is 0.329 e. The maximum atomic E-state index is 10.4. The molecule has 1 N–H and O–H groups in total. The molecule has 0 aromatic carbocycles. The molecule has 0 aliphatic heterocycles. The van der Waals surface area contributed by atoms with Crippen molar-refractivity contribution in [2.24, 2.45) is 0 Å². The number of hydrogen-bond acceptors (Lipinski definition) is 4. The maximum absolute atomic E-state index is 10.4. The SMILES string of the molecule is C=C/C=C(\C=C)COC(C)=O.CC.O=C(O)COC1CCCCC1. The summed E-state index contributed by atoms with van der Waals surface area (Å²) in [5, 5.41) is 8.32. The van der Waals surface area contributed by atoms with E-state index in [1.807, 2.05) is 13.8 Å². The summed E-state index contributed by atoms with van der Waals surface area (Å²) in [7, 11) is 0. The third kappa shape index (κ3) is 16.5. The van der Waals surface area contributed by atoms with Crippen LogP contribution in [0.4, 0.5) is 0 Å². The van der Waals surface area contributed by atoms with Gasteiger partial charge in [-0.1, -0.05) is 64.5 Å². The monoisotopic (exact) mass is 340 g/mol. The lowest BCUT2D eigenvalue weighted by Crippen LogP contribution is -2.20. The second-order valence-corrected chi connectivity index (χ2v) is 4.93. The van der Waals surface area contributed by atoms with Crippen LogP contribution in [0, 0.1) is 0 Å². The highest BCUT2D eigenvalue weighted by molar-refractivity contribution is 5.68. The molecular weight excluding hydrogens is 308 g/mol. The minimum Gasteiger partial charge on any atom is -0.480 e. The second-order valence-electron chi connectivity index (χ2n) is 4.93. The Bertz CT molecular complexity index is 393. The fraction of sp³-hybridized carbons (Fsp3) is 0.579. The lowest BCUT2D eigenvalue weighted by atomic mass is 9.98. The number of aliphatic carboxylic acids is 1. The molecule has 1 saturated carbocycles. The number of allylic oxidation sites excluding steroid dienone is 2. The zero-order valence-corrected chi connectivity index (χ0v) is 15.3. The molecule has 24 heavy (non-hydrogen) atoms.